The van der Waals surface area contributed by atoms with E-state index in [4.69, 9.17) is 4.42 Å². The molecule has 3 heteroatoms. The van der Waals surface area contributed by atoms with Crippen LogP contribution in [0.5, 0.6) is 0 Å². The van der Waals surface area contributed by atoms with Crippen molar-refractivity contribution < 1.29 is 4.42 Å². The van der Waals surface area contributed by atoms with E-state index in [9.17, 15) is 0 Å². The first-order valence-corrected chi connectivity index (χ1v) is 9.71. The van der Waals surface area contributed by atoms with Crippen LogP contribution in [-0.2, 0) is 0 Å². The van der Waals surface area contributed by atoms with Crippen molar-refractivity contribution in [1.29, 1.82) is 0 Å². The van der Waals surface area contributed by atoms with Crippen LogP contribution in [0.15, 0.2) is 22.8 Å². The molecule has 1 aromatic heterocycles. The van der Waals surface area contributed by atoms with E-state index in [1.54, 1.807) is 6.26 Å². The van der Waals surface area contributed by atoms with Crippen LogP contribution < -0.4 is 3.81 Å². The summed E-state index contributed by atoms with van der Waals surface area (Å²) in [5, 5.41) is 0. The predicted octanol–water partition coefficient (Wildman–Crippen LogP) is 0.959. The van der Waals surface area contributed by atoms with Gasteiger partial charge in [-0.25, -0.2) is 0 Å². The van der Waals surface area contributed by atoms with Gasteiger partial charge in [0.05, 0.1) is 0 Å². The van der Waals surface area contributed by atoms with Crippen molar-refractivity contribution in [1.82, 2.24) is 0 Å². The monoisotopic (exact) mass is 324 g/mol. The number of halogens is 1. The average molecular weight is 322 g/mol. The van der Waals surface area contributed by atoms with Crippen LogP contribution in [0, 0.1) is 0 Å². The van der Waals surface area contributed by atoms with Gasteiger partial charge in [-0.3, -0.25) is 0 Å². The summed E-state index contributed by atoms with van der Waals surface area (Å²) < 4.78 is 6.21. The van der Waals surface area contributed by atoms with Crippen molar-refractivity contribution in [3.05, 3.63) is 18.4 Å². The first kappa shape index (κ1) is 5.93. The summed E-state index contributed by atoms with van der Waals surface area (Å²) in [5.41, 5.74) is 0. The molecule has 0 bridgehead atoms. The van der Waals surface area contributed by atoms with Crippen molar-refractivity contribution >= 4 is 39.5 Å². The van der Waals surface area contributed by atoms with Gasteiger partial charge in [-0.05, 0) is 0 Å². The Hall–Kier alpha value is 0.800. The summed E-state index contributed by atoms with van der Waals surface area (Å²) in [5.74, 6) is 0. The summed E-state index contributed by atoms with van der Waals surface area (Å²) >= 11 is 2.39. The molecule has 0 saturated heterocycles. The molecule has 0 saturated carbocycles. The fraction of sp³-hybridized carbons (Fsp3) is 0. The van der Waals surface area contributed by atoms with E-state index in [0.29, 0.717) is 0 Å². The van der Waals surface area contributed by atoms with Crippen molar-refractivity contribution in [2.24, 2.45) is 0 Å². The van der Waals surface area contributed by atoms with Gasteiger partial charge in [0.2, 0.25) is 0 Å². The first-order valence-electron chi connectivity index (χ1n) is 1.75. The van der Waals surface area contributed by atoms with Gasteiger partial charge < -0.3 is 0 Å². The van der Waals surface area contributed by atoms with Crippen LogP contribution in [0.1, 0.15) is 0 Å². The molecule has 1 nitrogen and oxygen atoms in total. The van der Waals surface area contributed by atoms with Gasteiger partial charge in [0.1, 0.15) is 0 Å². The average Bonchev–Trinajstić information content (AvgIpc) is 2.14. The molecule has 0 fully saturated rings. The Morgan fingerprint density at radius 3 is 2.86 bits per heavy atom. The van der Waals surface area contributed by atoms with Crippen LogP contribution in [-0.4, -0.2) is 17.0 Å². The number of furan rings is 1. The van der Waals surface area contributed by atoms with Crippen LogP contribution in [0.25, 0.3) is 0 Å². The van der Waals surface area contributed by atoms with Gasteiger partial charge in [-0.15, -0.1) is 0 Å². The Labute approximate surface area is 61.8 Å². The van der Waals surface area contributed by atoms with E-state index in [2.05, 4.69) is 18.7 Å². The number of hydrogen-bond donors (Lipinski definition) is 0. The van der Waals surface area contributed by atoms with E-state index in [-0.39, 0.29) is 17.0 Å². The van der Waals surface area contributed by atoms with Crippen molar-refractivity contribution in [2.75, 3.05) is 0 Å². The van der Waals surface area contributed by atoms with Crippen LogP contribution in [0.3, 0.4) is 0 Å². The van der Waals surface area contributed by atoms with Crippen molar-refractivity contribution in [2.45, 2.75) is 0 Å². The molecular weight excluding hydrogens is 319 g/mol. The number of hydrogen-bond acceptors (Lipinski definition) is 1. The van der Waals surface area contributed by atoms with E-state index in [0.717, 1.165) is 0 Å². The van der Waals surface area contributed by atoms with Gasteiger partial charge in [-0.1, -0.05) is 0 Å². The topological polar surface area (TPSA) is 13.1 Å². The SMILES string of the molecule is I[Te]c1ccco1. The summed E-state index contributed by atoms with van der Waals surface area (Å²) in [6, 6.07) is 3.95. The molecular formula is C4H3IOTe. The first-order chi connectivity index (χ1) is 3.43. The van der Waals surface area contributed by atoms with Gasteiger partial charge >= 0.3 is 62.3 Å². The molecule has 0 aliphatic carbocycles. The minimum absolute atomic E-state index is 0.00250. The molecule has 1 heterocycles. The van der Waals surface area contributed by atoms with Crippen molar-refractivity contribution in [3.8, 4) is 0 Å². The molecule has 0 N–H and O–H groups in total. The van der Waals surface area contributed by atoms with Gasteiger partial charge in [0, 0.05) is 0 Å². The Balaban J connectivity index is 2.76. The van der Waals surface area contributed by atoms with Gasteiger partial charge in [0.25, 0.3) is 0 Å². The summed E-state index contributed by atoms with van der Waals surface area (Å²) in [4.78, 5) is 0. The second-order valence-electron chi connectivity index (χ2n) is 1.01. The zero-order valence-electron chi connectivity index (χ0n) is 3.43. The molecule has 0 aliphatic heterocycles. The molecule has 0 amide bonds. The Morgan fingerprint density at radius 2 is 2.57 bits per heavy atom. The predicted molar refractivity (Wildman–Crippen MR) is 38.1 cm³/mol. The van der Waals surface area contributed by atoms with Crippen molar-refractivity contribution in [3.63, 3.8) is 0 Å². The zero-order chi connectivity index (χ0) is 5.11. The van der Waals surface area contributed by atoms with Gasteiger partial charge in [0.15, 0.2) is 0 Å². The summed E-state index contributed by atoms with van der Waals surface area (Å²) in [6.07, 6.45) is 1.72. The van der Waals surface area contributed by atoms with Gasteiger partial charge in [-0.2, -0.15) is 0 Å². The van der Waals surface area contributed by atoms with E-state index in [1.165, 1.54) is 3.81 Å². The molecule has 1 aromatic rings. The molecule has 0 atom stereocenters. The van der Waals surface area contributed by atoms with E-state index >= 15 is 0 Å². The zero-order valence-corrected chi connectivity index (χ0v) is 7.91. The van der Waals surface area contributed by atoms with Crippen LogP contribution in [0.2, 0.25) is 0 Å². The Kier molecular flexibility index (Phi) is 2.50. The third-order valence-electron chi connectivity index (χ3n) is 0.571. The number of rotatable bonds is 1. The third-order valence-corrected chi connectivity index (χ3v) is 4.58. The van der Waals surface area contributed by atoms with E-state index in [1.807, 2.05) is 12.1 Å². The third kappa shape index (κ3) is 1.63. The van der Waals surface area contributed by atoms with Crippen LogP contribution in [0.4, 0.5) is 0 Å². The quantitative estimate of drug-likeness (QED) is 0.555. The Bertz CT molecular complexity index is 126. The second-order valence-corrected chi connectivity index (χ2v) is 5.55. The normalized spacial score (nSPS) is 9.29. The maximum absolute atomic E-state index is 5.03. The Morgan fingerprint density at radius 1 is 1.71 bits per heavy atom. The van der Waals surface area contributed by atoms with E-state index < -0.39 is 0 Å². The standard InChI is InChI=1S/C4H3IOTe/c5-7-4-2-1-3-6-4/h1-3H. The van der Waals surface area contributed by atoms with Crippen LogP contribution >= 0.6 is 18.7 Å². The molecule has 0 aromatic carbocycles. The molecule has 7 heavy (non-hydrogen) atoms. The fourth-order valence-electron chi connectivity index (χ4n) is 0.307. The summed E-state index contributed by atoms with van der Waals surface area (Å²) in [7, 11) is 0. The summed E-state index contributed by atoms with van der Waals surface area (Å²) in [6.45, 7) is 0. The second kappa shape index (κ2) is 2.95. The molecule has 0 spiro atoms. The molecule has 38 valence electrons. The minimum atomic E-state index is 0.00250. The molecule has 1 rings (SSSR count). The molecule has 0 unspecified atom stereocenters. The maximum atomic E-state index is 5.03. The molecule has 0 radical (unpaired) electrons. The fourth-order valence-corrected chi connectivity index (χ4v) is 2.62. The molecule has 0 aliphatic rings.